The van der Waals surface area contributed by atoms with Crippen molar-refractivity contribution in [3.05, 3.63) is 11.7 Å². The largest absolute Gasteiger partial charge is 0.337 e. The van der Waals surface area contributed by atoms with E-state index >= 15 is 0 Å². The van der Waals surface area contributed by atoms with Gasteiger partial charge in [0.05, 0.1) is 17.5 Å². The van der Waals surface area contributed by atoms with Crippen molar-refractivity contribution in [1.82, 2.24) is 20.4 Å². The number of hydrogen-bond donors (Lipinski definition) is 1. The lowest BCUT2D eigenvalue weighted by atomic mass is 10.2. The number of sulfone groups is 1. The molecule has 2 aliphatic rings. The zero-order chi connectivity index (χ0) is 15.0. The Kier molecular flexibility index (Phi) is 3.70. The van der Waals surface area contributed by atoms with E-state index in [1.54, 1.807) is 6.92 Å². The van der Waals surface area contributed by atoms with Gasteiger partial charge < -0.3 is 14.7 Å². The topological polar surface area (TPSA) is 105 Å². The van der Waals surface area contributed by atoms with Gasteiger partial charge in [0.1, 0.15) is 0 Å². The maximum Gasteiger partial charge on any atom is 0.295 e. The lowest BCUT2D eigenvalue weighted by Crippen LogP contribution is -2.50. The van der Waals surface area contributed by atoms with Crippen LogP contribution >= 0.6 is 0 Å². The fourth-order valence-electron chi connectivity index (χ4n) is 2.79. The molecule has 2 aliphatic heterocycles. The van der Waals surface area contributed by atoms with E-state index in [1.165, 1.54) is 4.90 Å². The number of rotatable bonds is 2. The van der Waals surface area contributed by atoms with E-state index in [2.05, 4.69) is 15.5 Å². The third kappa shape index (κ3) is 2.93. The third-order valence-corrected chi connectivity index (χ3v) is 5.72. The van der Waals surface area contributed by atoms with Crippen molar-refractivity contribution < 1.29 is 17.7 Å². The first-order valence-electron chi connectivity index (χ1n) is 7.05. The Balaban J connectivity index is 1.73. The van der Waals surface area contributed by atoms with Crippen LogP contribution in [0.5, 0.6) is 0 Å². The van der Waals surface area contributed by atoms with Gasteiger partial charge in [-0.05, 0) is 26.3 Å². The molecule has 1 aromatic rings. The third-order valence-electron chi connectivity index (χ3n) is 3.92. The Morgan fingerprint density at radius 3 is 2.95 bits per heavy atom. The predicted octanol–water partition coefficient (Wildman–Crippen LogP) is -0.247. The molecule has 0 bridgehead atoms. The monoisotopic (exact) mass is 314 g/mol. The molecule has 8 nitrogen and oxygen atoms in total. The minimum absolute atomic E-state index is 0.00449. The van der Waals surface area contributed by atoms with Gasteiger partial charge in [0.15, 0.2) is 9.84 Å². The van der Waals surface area contributed by atoms with E-state index in [-0.39, 0.29) is 41.9 Å². The van der Waals surface area contributed by atoms with Gasteiger partial charge in [0.25, 0.3) is 11.7 Å². The minimum Gasteiger partial charge on any atom is -0.337 e. The summed E-state index contributed by atoms with van der Waals surface area (Å²) in [7, 11) is -3.06. The summed E-state index contributed by atoms with van der Waals surface area (Å²) in [4.78, 5) is 18.0. The van der Waals surface area contributed by atoms with Crippen molar-refractivity contribution in [3.63, 3.8) is 0 Å². The SMILES string of the molecule is CC1CS(=O)(=O)CCN1C(=O)c1noc(C2CCCN2)n1. The van der Waals surface area contributed by atoms with Gasteiger partial charge in [-0.1, -0.05) is 5.16 Å². The van der Waals surface area contributed by atoms with Gasteiger partial charge in [-0.15, -0.1) is 0 Å². The standard InChI is InChI=1S/C12H18N4O4S/c1-8-7-21(18,19)6-5-16(8)12(17)10-14-11(20-15-10)9-3-2-4-13-9/h8-9,13H,2-7H2,1H3. The maximum atomic E-state index is 12.4. The normalized spacial score (nSPS) is 28.7. The summed E-state index contributed by atoms with van der Waals surface area (Å²) < 4.78 is 28.2. The van der Waals surface area contributed by atoms with Crippen LogP contribution in [0.4, 0.5) is 0 Å². The molecule has 116 valence electrons. The molecular weight excluding hydrogens is 296 g/mol. The van der Waals surface area contributed by atoms with Crippen LogP contribution < -0.4 is 5.32 Å². The Morgan fingerprint density at radius 1 is 1.48 bits per heavy atom. The van der Waals surface area contributed by atoms with E-state index in [0.717, 1.165) is 19.4 Å². The highest BCUT2D eigenvalue weighted by Gasteiger charge is 2.34. The number of amides is 1. The van der Waals surface area contributed by atoms with Gasteiger partial charge in [-0.3, -0.25) is 4.79 Å². The quantitative estimate of drug-likeness (QED) is 0.802. The van der Waals surface area contributed by atoms with Crippen molar-refractivity contribution in [1.29, 1.82) is 0 Å². The second-order valence-corrected chi connectivity index (χ2v) is 7.80. The summed E-state index contributed by atoms with van der Waals surface area (Å²) in [6, 6.07) is -0.360. The molecule has 21 heavy (non-hydrogen) atoms. The van der Waals surface area contributed by atoms with Crippen molar-refractivity contribution in [2.75, 3.05) is 24.6 Å². The molecular formula is C12H18N4O4S. The summed E-state index contributed by atoms with van der Waals surface area (Å²) in [5, 5.41) is 6.96. The average Bonchev–Trinajstić information content (AvgIpc) is 3.08. The molecule has 9 heteroatoms. The Bertz CT molecular complexity index is 635. The Morgan fingerprint density at radius 2 is 2.29 bits per heavy atom. The van der Waals surface area contributed by atoms with E-state index in [0.29, 0.717) is 5.89 Å². The summed E-state index contributed by atoms with van der Waals surface area (Å²) in [5.41, 5.74) is 0. The number of carbonyl (C=O) groups excluding carboxylic acids is 1. The van der Waals surface area contributed by atoms with Crippen LogP contribution in [0.3, 0.4) is 0 Å². The van der Waals surface area contributed by atoms with Gasteiger partial charge in [0.2, 0.25) is 5.89 Å². The maximum absolute atomic E-state index is 12.4. The van der Waals surface area contributed by atoms with Gasteiger partial charge in [-0.2, -0.15) is 4.98 Å². The van der Waals surface area contributed by atoms with Crippen LogP contribution in [0.2, 0.25) is 0 Å². The van der Waals surface area contributed by atoms with Crippen LogP contribution in [0.25, 0.3) is 0 Å². The molecule has 0 aromatic carbocycles. The first-order chi connectivity index (χ1) is 9.96. The smallest absolute Gasteiger partial charge is 0.295 e. The lowest BCUT2D eigenvalue weighted by Gasteiger charge is -2.32. The van der Waals surface area contributed by atoms with Crippen LogP contribution in [0, 0.1) is 0 Å². The molecule has 3 heterocycles. The Labute approximate surface area is 122 Å². The van der Waals surface area contributed by atoms with E-state index < -0.39 is 9.84 Å². The summed E-state index contributed by atoms with van der Waals surface area (Å²) >= 11 is 0. The van der Waals surface area contributed by atoms with E-state index in [4.69, 9.17) is 4.52 Å². The van der Waals surface area contributed by atoms with Crippen molar-refractivity contribution in [2.45, 2.75) is 31.8 Å². The molecule has 2 saturated heterocycles. The van der Waals surface area contributed by atoms with Crippen molar-refractivity contribution in [3.8, 4) is 0 Å². The zero-order valence-corrected chi connectivity index (χ0v) is 12.6. The van der Waals surface area contributed by atoms with Crippen molar-refractivity contribution in [2.24, 2.45) is 0 Å². The van der Waals surface area contributed by atoms with Crippen LogP contribution in [0.1, 0.15) is 42.3 Å². The Hall–Kier alpha value is -1.48. The number of carbonyl (C=O) groups is 1. The number of hydrogen-bond acceptors (Lipinski definition) is 7. The average molecular weight is 314 g/mol. The first-order valence-corrected chi connectivity index (χ1v) is 8.87. The molecule has 1 aromatic heterocycles. The van der Waals surface area contributed by atoms with Crippen LogP contribution in [0.15, 0.2) is 4.52 Å². The predicted molar refractivity (Wildman–Crippen MR) is 73.4 cm³/mol. The van der Waals surface area contributed by atoms with E-state index in [1.807, 2.05) is 0 Å². The lowest BCUT2D eigenvalue weighted by molar-refractivity contribution is 0.0696. The molecule has 1 amide bonds. The highest BCUT2D eigenvalue weighted by atomic mass is 32.2. The molecule has 0 radical (unpaired) electrons. The fraction of sp³-hybridized carbons (Fsp3) is 0.750. The number of nitrogens with zero attached hydrogens (tertiary/aromatic N) is 3. The molecule has 3 rings (SSSR count). The molecule has 0 spiro atoms. The molecule has 0 aliphatic carbocycles. The molecule has 2 fully saturated rings. The van der Waals surface area contributed by atoms with Gasteiger partial charge in [-0.25, -0.2) is 8.42 Å². The van der Waals surface area contributed by atoms with Crippen LogP contribution in [-0.4, -0.2) is 60.0 Å². The second-order valence-electron chi connectivity index (χ2n) is 5.57. The van der Waals surface area contributed by atoms with Crippen molar-refractivity contribution >= 4 is 15.7 Å². The molecule has 2 atom stereocenters. The molecule has 2 unspecified atom stereocenters. The highest BCUT2D eigenvalue weighted by molar-refractivity contribution is 7.91. The fourth-order valence-corrected chi connectivity index (χ4v) is 4.34. The number of aromatic nitrogens is 2. The van der Waals surface area contributed by atoms with Gasteiger partial charge >= 0.3 is 0 Å². The summed E-state index contributed by atoms with van der Waals surface area (Å²) in [6.07, 6.45) is 1.95. The second kappa shape index (κ2) is 5.38. The zero-order valence-electron chi connectivity index (χ0n) is 11.8. The molecule has 0 saturated carbocycles. The minimum atomic E-state index is -3.06. The summed E-state index contributed by atoms with van der Waals surface area (Å²) in [5.74, 6) is 0.0226. The van der Waals surface area contributed by atoms with Gasteiger partial charge in [0, 0.05) is 12.6 Å². The number of nitrogens with one attached hydrogen (secondary N) is 1. The summed E-state index contributed by atoms with van der Waals surface area (Å²) in [6.45, 7) is 2.79. The molecule has 1 N–H and O–H groups in total. The highest BCUT2D eigenvalue weighted by Crippen LogP contribution is 2.22. The van der Waals surface area contributed by atoms with E-state index in [9.17, 15) is 13.2 Å². The van der Waals surface area contributed by atoms with Crippen LogP contribution in [-0.2, 0) is 9.84 Å². The first kappa shape index (κ1) is 14.5.